The van der Waals surface area contributed by atoms with Gasteiger partial charge in [-0.2, -0.15) is 13.8 Å². The molecular weight excluding hydrogens is 302 g/mol. The number of aromatic nitrogens is 2. The molecule has 1 aliphatic heterocycles. The van der Waals surface area contributed by atoms with Crippen LogP contribution < -0.4 is 11.4 Å². The number of ether oxygens (including phenoxy) is 1. The van der Waals surface area contributed by atoms with Gasteiger partial charge in [0, 0.05) is 6.20 Å². The van der Waals surface area contributed by atoms with Gasteiger partial charge in [-0.3, -0.25) is 4.57 Å². The lowest BCUT2D eigenvalue weighted by molar-refractivity contribution is -0.244. The number of nitrogen functional groups attached to an aromatic ring is 1. The van der Waals surface area contributed by atoms with Crippen LogP contribution in [0, 0.1) is 0 Å². The molecule has 21 heavy (non-hydrogen) atoms. The van der Waals surface area contributed by atoms with Crippen molar-refractivity contribution in [2.24, 2.45) is 0 Å². The highest BCUT2D eigenvalue weighted by atomic mass is 19.3. The molecule has 11 heteroatoms. The van der Waals surface area contributed by atoms with E-state index in [0.29, 0.717) is 4.57 Å². The first-order valence-corrected chi connectivity index (χ1v) is 5.64. The highest BCUT2D eigenvalue weighted by Crippen LogP contribution is 2.50. The van der Waals surface area contributed by atoms with Gasteiger partial charge in [0.1, 0.15) is 5.82 Å². The molecule has 0 aliphatic carbocycles. The van der Waals surface area contributed by atoms with Crippen molar-refractivity contribution in [3.63, 3.8) is 0 Å². The van der Waals surface area contributed by atoms with Crippen molar-refractivity contribution in [2.75, 3.05) is 12.3 Å². The van der Waals surface area contributed by atoms with Crippen LogP contribution in [0.4, 0.5) is 23.4 Å². The Kier molecular flexibility index (Phi) is 3.68. The second kappa shape index (κ2) is 4.93. The van der Waals surface area contributed by atoms with Gasteiger partial charge in [-0.25, -0.2) is 13.6 Å². The van der Waals surface area contributed by atoms with Gasteiger partial charge in [0.15, 0.2) is 12.3 Å². The lowest BCUT2D eigenvalue weighted by Gasteiger charge is -2.31. The third kappa shape index (κ3) is 2.08. The van der Waals surface area contributed by atoms with E-state index in [1.807, 2.05) is 0 Å². The summed E-state index contributed by atoms with van der Waals surface area (Å²) in [6.45, 7) is -1.75. The molecular formula is C10H11F4N3O4. The fourth-order valence-electron chi connectivity index (χ4n) is 2.02. The van der Waals surface area contributed by atoms with Gasteiger partial charge < -0.3 is 20.7 Å². The number of hydrogen-bond acceptors (Lipinski definition) is 6. The van der Waals surface area contributed by atoms with Crippen molar-refractivity contribution in [3.05, 3.63) is 22.7 Å². The summed E-state index contributed by atoms with van der Waals surface area (Å²) in [6, 6.07) is 1.04. The minimum atomic E-state index is -4.48. The third-order valence-corrected chi connectivity index (χ3v) is 3.25. The molecule has 0 saturated carbocycles. The Morgan fingerprint density at radius 2 is 2.14 bits per heavy atom. The van der Waals surface area contributed by atoms with E-state index >= 15 is 0 Å². The van der Waals surface area contributed by atoms with Crippen LogP contribution in [-0.4, -0.2) is 50.4 Å². The minimum absolute atomic E-state index is 0.224. The first kappa shape index (κ1) is 15.7. The van der Waals surface area contributed by atoms with Crippen LogP contribution in [0.1, 0.15) is 6.23 Å². The number of rotatable bonds is 3. The Morgan fingerprint density at radius 1 is 1.52 bits per heavy atom. The van der Waals surface area contributed by atoms with Crippen LogP contribution in [0.25, 0.3) is 0 Å². The van der Waals surface area contributed by atoms with Crippen molar-refractivity contribution in [1.29, 1.82) is 0 Å². The van der Waals surface area contributed by atoms with Crippen molar-refractivity contribution >= 4 is 5.82 Å². The summed E-state index contributed by atoms with van der Waals surface area (Å²) in [5, 5.41) is 18.4. The maximum Gasteiger partial charge on any atom is 0.351 e. The van der Waals surface area contributed by atoms with Crippen molar-refractivity contribution in [1.82, 2.24) is 9.55 Å². The van der Waals surface area contributed by atoms with E-state index in [9.17, 15) is 27.5 Å². The van der Waals surface area contributed by atoms with E-state index < -0.39 is 42.6 Å². The molecule has 1 saturated heterocycles. The smallest absolute Gasteiger partial charge is 0.351 e. The van der Waals surface area contributed by atoms with Crippen LogP contribution in [0.2, 0.25) is 0 Å². The average molecular weight is 313 g/mol. The Morgan fingerprint density at radius 3 is 2.57 bits per heavy atom. The number of hydrogen-bond donors (Lipinski definition) is 3. The van der Waals surface area contributed by atoms with Gasteiger partial charge in [-0.15, -0.1) is 0 Å². The molecule has 7 nitrogen and oxygen atoms in total. The van der Waals surface area contributed by atoms with E-state index in [1.165, 1.54) is 0 Å². The van der Waals surface area contributed by atoms with E-state index in [2.05, 4.69) is 9.72 Å². The number of alkyl halides is 4. The number of nitrogens with zero attached hydrogens (tertiary/aromatic N) is 2. The summed E-state index contributed by atoms with van der Waals surface area (Å²) < 4.78 is 58.5. The number of anilines is 1. The molecule has 3 unspecified atom stereocenters. The zero-order valence-electron chi connectivity index (χ0n) is 10.3. The van der Waals surface area contributed by atoms with Crippen molar-refractivity contribution in [3.8, 4) is 0 Å². The highest BCUT2D eigenvalue weighted by Gasteiger charge is 2.73. The lowest BCUT2D eigenvalue weighted by Crippen LogP contribution is -2.57. The summed E-state index contributed by atoms with van der Waals surface area (Å²) >= 11 is 0. The highest BCUT2D eigenvalue weighted by molar-refractivity contribution is 5.24. The summed E-state index contributed by atoms with van der Waals surface area (Å²) in [5.41, 5.74) is 0.424. The van der Waals surface area contributed by atoms with Crippen molar-refractivity contribution < 1.29 is 32.5 Å². The molecule has 0 amide bonds. The molecule has 3 atom stereocenters. The topological polar surface area (TPSA) is 111 Å². The molecule has 118 valence electrons. The number of aliphatic hydroxyl groups excluding tert-OH is 2. The Labute approximate surface area is 114 Å². The van der Waals surface area contributed by atoms with Crippen LogP contribution >= 0.6 is 0 Å². The van der Waals surface area contributed by atoms with E-state index in [0.717, 1.165) is 12.3 Å². The second-order valence-corrected chi connectivity index (χ2v) is 4.47. The fraction of sp³-hybridized carbons (Fsp3) is 0.600. The summed E-state index contributed by atoms with van der Waals surface area (Å²) in [5.74, 6) is -4.71. The first-order chi connectivity index (χ1) is 9.67. The predicted molar refractivity (Wildman–Crippen MR) is 59.8 cm³/mol. The summed E-state index contributed by atoms with van der Waals surface area (Å²) in [6.07, 6.45) is -7.84. The standard InChI is InChI=1S/C10H11F4N3O4/c11-7(12)9(3-18)10(13,14)5(19)6(21-9)17-2-1-4(15)16-8(17)20/h1-2,5-7,18-19H,3H2,(H2,15,16,20). The normalized spacial score (nSPS) is 31.8. The zero-order chi connectivity index (χ0) is 16.0. The quantitative estimate of drug-likeness (QED) is 0.639. The SMILES string of the molecule is Nc1ccn(C2OC(CO)(C(F)F)C(F)(F)C2O)c(=O)n1. The van der Waals surface area contributed by atoms with E-state index in [4.69, 9.17) is 10.8 Å². The van der Waals surface area contributed by atoms with Gasteiger partial charge >= 0.3 is 11.6 Å². The monoisotopic (exact) mass is 313 g/mol. The molecule has 4 N–H and O–H groups in total. The fourth-order valence-corrected chi connectivity index (χ4v) is 2.02. The van der Waals surface area contributed by atoms with E-state index in [-0.39, 0.29) is 5.82 Å². The molecule has 1 aromatic heterocycles. The van der Waals surface area contributed by atoms with Crippen molar-refractivity contribution in [2.45, 2.75) is 30.3 Å². The first-order valence-electron chi connectivity index (χ1n) is 5.64. The molecule has 1 fully saturated rings. The number of nitrogens with two attached hydrogens (primary N) is 1. The molecule has 0 bridgehead atoms. The third-order valence-electron chi connectivity index (χ3n) is 3.25. The van der Waals surface area contributed by atoms with Crippen LogP contribution in [-0.2, 0) is 4.74 Å². The van der Waals surface area contributed by atoms with Gasteiger partial charge in [-0.1, -0.05) is 0 Å². The molecule has 2 rings (SSSR count). The van der Waals surface area contributed by atoms with Crippen LogP contribution in [0.3, 0.4) is 0 Å². The van der Waals surface area contributed by atoms with Crippen LogP contribution in [0.5, 0.6) is 0 Å². The average Bonchev–Trinajstić information content (AvgIpc) is 2.59. The molecule has 0 aromatic carbocycles. The maximum atomic E-state index is 13.9. The Bertz CT molecular complexity index is 596. The van der Waals surface area contributed by atoms with Crippen LogP contribution in [0.15, 0.2) is 17.1 Å². The summed E-state index contributed by atoms with van der Waals surface area (Å²) in [7, 11) is 0. The molecule has 0 spiro atoms. The minimum Gasteiger partial charge on any atom is -0.393 e. The molecule has 1 aromatic rings. The Balaban J connectivity index is 2.51. The molecule has 0 radical (unpaired) electrons. The van der Waals surface area contributed by atoms with Gasteiger partial charge in [-0.05, 0) is 6.07 Å². The maximum absolute atomic E-state index is 13.9. The predicted octanol–water partition coefficient (Wildman–Crippen LogP) is -0.653. The molecule has 1 aliphatic rings. The lowest BCUT2D eigenvalue weighted by atomic mass is 9.95. The van der Waals surface area contributed by atoms with Gasteiger partial charge in [0.05, 0.1) is 6.61 Å². The summed E-state index contributed by atoms with van der Waals surface area (Å²) in [4.78, 5) is 14.8. The number of aliphatic hydroxyl groups is 2. The second-order valence-electron chi connectivity index (χ2n) is 4.47. The zero-order valence-corrected chi connectivity index (χ0v) is 10.3. The number of halogens is 4. The van der Waals surface area contributed by atoms with E-state index in [1.54, 1.807) is 0 Å². The largest absolute Gasteiger partial charge is 0.393 e. The molecule has 2 heterocycles. The van der Waals surface area contributed by atoms with Gasteiger partial charge in [0.25, 0.3) is 6.43 Å². The van der Waals surface area contributed by atoms with Gasteiger partial charge in [0.2, 0.25) is 5.60 Å². The Hall–Kier alpha value is -1.72.